The van der Waals surface area contributed by atoms with Crippen LogP contribution in [-0.2, 0) is 17.7 Å². The Balaban J connectivity index is 1.44. The number of nitrogens with zero attached hydrogens (tertiary/aromatic N) is 6. The third kappa shape index (κ3) is 4.79. The van der Waals surface area contributed by atoms with Gasteiger partial charge in [-0.15, -0.1) is 0 Å². The molecule has 3 heterocycles. The molecule has 0 radical (unpaired) electrons. The molecule has 10 nitrogen and oxygen atoms in total. The zero-order valence-electron chi connectivity index (χ0n) is 22.3. The van der Waals surface area contributed by atoms with Crippen LogP contribution in [0, 0.1) is 11.6 Å². The SMILES string of the molecule is COC(=O)N(Cc1cccc2ccccc12)c1c(N)nc(-n2nc(Cc3ccccc3F)c3ncc(F)cc32)nc1N. The fourth-order valence-electron chi connectivity index (χ4n) is 4.92. The molecule has 0 saturated carbocycles. The fraction of sp³-hybridized carbons (Fsp3) is 0.100. The van der Waals surface area contributed by atoms with Gasteiger partial charge < -0.3 is 16.2 Å². The van der Waals surface area contributed by atoms with Gasteiger partial charge in [-0.1, -0.05) is 60.7 Å². The van der Waals surface area contributed by atoms with Crippen LogP contribution in [-0.4, -0.2) is 37.9 Å². The second-order valence-corrected chi connectivity index (χ2v) is 9.49. The number of benzene rings is 3. The first-order valence-corrected chi connectivity index (χ1v) is 12.9. The second kappa shape index (κ2) is 10.7. The van der Waals surface area contributed by atoms with Crippen molar-refractivity contribution in [2.75, 3.05) is 23.5 Å². The summed E-state index contributed by atoms with van der Waals surface area (Å²) < 4.78 is 35.0. The summed E-state index contributed by atoms with van der Waals surface area (Å²) in [6.45, 7) is 0.0672. The number of carbonyl (C=O) groups excluding carboxylic acids is 1. The Kier molecular flexibility index (Phi) is 6.79. The van der Waals surface area contributed by atoms with E-state index in [1.165, 1.54) is 28.8 Å². The summed E-state index contributed by atoms with van der Waals surface area (Å²) in [6, 6.07) is 21.0. The Morgan fingerprint density at radius 1 is 0.952 bits per heavy atom. The number of anilines is 3. The molecule has 0 atom stereocenters. The van der Waals surface area contributed by atoms with Crippen molar-refractivity contribution in [1.82, 2.24) is 24.7 Å². The minimum absolute atomic E-state index is 0.0471. The molecule has 0 aliphatic heterocycles. The average molecular weight is 567 g/mol. The van der Waals surface area contributed by atoms with Crippen LogP contribution in [0.15, 0.2) is 79.0 Å². The Bertz CT molecular complexity index is 1950. The van der Waals surface area contributed by atoms with Crippen LogP contribution in [0.2, 0.25) is 0 Å². The molecule has 4 N–H and O–H groups in total. The minimum atomic E-state index is -0.722. The van der Waals surface area contributed by atoms with E-state index in [-0.39, 0.29) is 41.8 Å². The van der Waals surface area contributed by atoms with Crippen molar-refractivity contribution in [3.63, 3.8) is 0 Å². The highest BCUT2D eigenvalue weighted by Gasteiger charge is 2.26. The van der Waals surface area contributed by atoms with Crippen LogP contribution in [0.1, 0.15) is 16.8 Å². The Morgan fingerprint density at radius 2 is 1.64 bits per heavy atom. The Labute approximate surface area is 238 Å². The van der Waals surface area contributed by atoms with Crippen molar-refractivity contribution in [1.29, 1.82) is 0 Å². The highest BCUT2D eigenvalue weighted by Crippen LogP contribution is 2.33. The molecule has 6 rings (SSSR count). The summed E-state index contributed by atoms with van der Waals surface area (Å²) in [6.07, 6.45) is 0.410. The number of ether oxygens (including phenoxy) is 1. The number of fused-ring (bicyclic) bond motifs is 2. The van der Waals surface area contributed by atoms with Gasteiger partial charge in [0.15, 0.2) is 11.6 Å². The van der Waals surface area contributed by atoms with Crippen LogP contribution in [0.5, 0.6) is 0 Å². The molecule has 0 spiro atoms. The van der Waals surface area contributed by atoms with Crippen LogP contribution in [0.4, 0.5) is 30.9 Å². The lowest BCUT2D eigenvalue weighted by Crippen LogP contribution is -2.32. The maximum absolute atomic E-state index is 14.4. The third-order valence-corrected chi connectivity index (χ3v) is 6.86. The predicted molar refractivity (Wildman–Crippen MR) is 155 cm³/mol. The summed E-state index contributed by atoms with van der Waals surface area (Å²) in [7, 11) is 1.24. The van der Waals surface area contributed by atoms with Crippen molar-refractivity contribution in [3.8, 4) is 5.95 Å². The number of amides is 1. The van der Waals surface area contributed by atoms with E-state index in [1.807, 2.05) is 42.5 Å². The van der Waals surface area contributed by atoms with Crippen molar-refractivity contribution >= 4 is 45.2 Å². The molecule has 210 valence electrons. The van der Waals surface area contributed by atoms with Crippen molar-refractivity contribution in [3.05, 3.63) is 107 Å². The first kappa shape index (κ1) is 26.6. The Morgan fingerprint density at radius 3 is 2.40 bits per heavy atom. The molecular formula is C30H24F2N8O2. The summed E-state index contributed by atoms with van der Waals surface area (Å²) in [5.41, 5.74) is 14.9. The Hall–Kier alpha value is -5.65. The first-order chi connectivity index (χ1) is 20.3. The number of nitrogen functional groups attached to an aromatic ring is 2. The lowest BCUT2D eigenvalue weighted by molar-refractivity contribution is 0.178. The zero-order valence-corrected chi connectivity index (χ0v) is 22.3. The van der Waals surface area contributed by atoms with E-state index in [9.17, 15) is 13.6 Å². The van der Waals surface area contributed by atoms with Crippen molar-refractivity contribution in [2.45, 2.75) is 13.0 Å². The number of carbonyl (C=O) groups is 1. The number of aromatic nitrogens is 5. The molecule has 3 aromatic heterocycles. The second-order valence-electron chi connectivity index (χ2n) is 9.49. The van der Waals surface area contributed by atoms with Crippen molar-refractivity contribution < 1.29 is 18.3 Å². The number of hydrogen-bond acceptors (Lipinski definition) is 8. The topological polar surface area (TPSA) is 138 Å². The van der Waals surface area contributed by atoms with Gasteiger partial charge in [0.25, 0.3) is 5.95 Å². The molecule has 6 aromatic rings. The fourth-order valence-corrected chi connectivity index (χ4v) is 4.92. The molecule has 0 aliphatic rings. The van der Waals surface area contributed by atoms with Crippen molar-refractivity contribution in [2.24, 2.45) is 0 Å². The maximum Gasteiger partial charge on any atom is 0.414 e. The standard InChI is InChI=1S/C30H24F2N8O2/c1-42-30(41)39(16-19-10-6-9-17-7-2-4-11-21(17)19)26-27(33)36-29(37-28(26)34)40-24-14-20(31)15-35-25(24)23(38-40)13-18-8-3-5-12-22(18)32/h2-12,14-15H,13,16H2,1H3,(H4,33,34,36,37). The van der Waals surface area contributed by atoms with E-state index in [4.69, 9.17) is 16.2 Å². The number of rotatable bonds is 6. The van der Waals surface area contributed by atoms with Crippen LogP contribution < -0.4 is 16.4 Å². The molecule has 0 saturated heterocycles. The number of halogens is 2. The van der Waals surface area contributed by atoms with Gasteiger partial charge in [-0.25, -0.2) is 18.6 Å². The molecule has 12 heteroatoms. The summed E-state index contributed by atoms with van der Waals surface area (Å²) >= 11 is 0. The lowest BCUT2D eigenvalue weighted by atomic mass is 10.0. The van der Waals surface area contributed by atoms with Crippen LogP contribution in [0.3, 0.4) is 0 Å². The van der Waals surface area contributed by atoms with Gasteiger partial charge in [0, 0.05) is 12.5 Å². The van der Waals surface area contributed by atoms with E-state index >= 15 is 0 Å². The van der Waals surface area contributed by atoms with Gasteiger partial charge in [0.2, 0.25) is 0 Å². The highest BCUT2D eigenvalue weighted by molar-refractivity contribution is 5.96. The number of hydrogen-bond donors (Lipinski definition) is 2. The van der Waals surface area contributed by atoms with Crippen LogP contribution >= 0.6 is 0 Å². The molecule has 1 amide bonds. The normalized spacial score (nSPS) is 11.2. The van der Waals surface area contributed by atoms with E-state index < -0.39 is 17.7 Å². The van der Waals surface area contributed by atoms with Gasteiger partial charge in [-0.3, -0.25) is 4.90 Å². The van der Waals surface area contributed by atoms with Gasteiger partial charge in [0.1, 0.15) is 22.8 Å². The number of nitrogens with two attached hydrogens (primary N) is 2. The minimum Gasteiger partial charge on any atom is -0.452 e. The first-order valence-electron chi connectivity index (χ1n) is 12.9. The van der Waals surface area contributed by atoms with E-state index in [1.54, 1.807) is 18.2 Å². The molecule has 0 aliphatic carbocycles. The maximum atomic E-state index is 14.4. The predicted octanol–water partition coefficient (Wildman–Crippen LogP) is 5.17. The molecule has 3 aromatic carbocycles. The molecule has 0 fully saturated rings. The average Bonchev–Trinajstić information content (AvgIpc) is 3.34. The van der Waals surface area contributed by atoms with Gasteiger partial charge in [0.05, 0.1) is 31.1 Å². The van der Waals surface area contributed by atoms with E-state index in [0.29, 0.717) is 16.8 Å². The summed E-state index contributed by atoms with van der Waals surface area (Å²) in [5, 5.41) is 6.45. The summed E-state index contributed by atoms with van der Waals surface area (Å²) in [5.74, 6) is -1.38. The summed E-state index contributed by atoms with van der Waals surface area (Å²) in [4.78, 5) is 27.2. The smallest absolute Gasteiger partial charge is 0.414 e. The third-order valence-electron chi connectivity index (χ3n) is 6.86. The lowest BCUT2D eigenvalue weighted by Gasteiger charge is -2.24. The largest absolute Gasteiger partial charge is 0.452 e. The van der Waals surface area contributed by atoms with Gasteiger partial charge >= 0.3 is 6.09 Å². The van der Waals surface area contributed by atoms with E-state index in [2.05, 4.69) is 20.1 Å². The molecule has 0 bridgehead atoms. The monoisotopic (exact) mass is 566 g/mol. The van der Waals surface area contributed by atoms with Crippen LogP contribution in [0.25, 0.3) is 27.8 Å². The molecular weight excluding hydrogens is 542 g/mol. The number of methoxy groups -OCH3 is 1. The van der Waals surface area contributed by atoms with E-state index in [0.717, 1.165) is 22.5 Å². The molecule has 42 heavy (non-hydrogen) atoms. The highest BCUT2D eigenvalue weighted by atomic mass is 19.1. The molecule has 0 unspecified atom stereocenters. The van der Waals surface area contributed by atoms with Gasteiger partial charge in [-0.05, 0) is 28.0 Å². The quantitative estimate of drug-likeness (QED) is 0.282. The van der Waals surface area contributed by atoms with Gasteiger partial charge in [-0.2, -0.15) is 19.7 Å². The zero-order chi connectivity index (χ0) is 29.4. The number of pyridine rings is 1.